The summed E-state index contributed by atoms with van der Waals surface area (Å²) in [5.74, 6) is 1.75. The zero-order valence-corrected chi connectivity index (χ0v) is 81.6. The third kappa shape index (κ3) is 13.7. The minimum atomic E-state index is -0.404. The molecule has 19 aromatic rings. The first-order valence-electron chi connectivity index (χ1n) is 49.7. The van der Waals surface area contributed by atoms with Crippen LogP contribution in [0.1, 0.15) is 111 Å². The second kappa shape index (κ2) is 31.6. The summed E-state index contributed by atoms with van der Waals surface area (Å²) in [6, 6.07) is 156. The Morgan fingerprint density at radius 2 is 0.414 bits per heavy atom. The van der Waals surface area contributed by atoms with Gasteiger partial charge in [0, 0.05) is 73.9 Å². The Bertz CT molecular complexity index is 8100. The first kappa shape index (κ1) is 84.7. The van der Waals surface area contributed by atoms with Crippen molar-refractivity contribution in [2.24, 2.45) is 0 Å². The summed E-state index contributed by atoms with van der Waals surface area (Å²) in [7, 11) is 0. The summed E-state index contributed by atoms with van der Waals surface area (Å²) in [6.07, 6.45) is 0. The molecule has 0 radical (unpaired) electrons. The predicted molar refractivity (Wildman–Crippen MR) is 597 cm³/mol. The van der Waals surface area contributed by atoms with Crippen LogP contribution in [0.4, 0.5) is 85.3 Å². The molecule has 19 aromatic carbocycles. The Balaban J connectivity index is 0.847. The van der Waals surface area contributed by atoms with Crippen LogP contribution in [-0.2, 0) is 21.7 Å². The first-order valence-corrected chi connectivity index (χ1v) is 49.7. The van der Waals surface area contributed by atoms with Crippen LogP contribution in [0, 0.1) is 6.92 Å². The number of rotatable bonds is 12. The van der Waals surface area contributed by atoms with E-state index in [2.05, 4.69) is 521 Å². The van der Waals surface area contributed by atoms with Crippen LogP contribution in [0.2, 0.25) is 0 Å². The van der Waals surface area contributed by atoms with Gasteiger partial charge in [-0.1, -0.05) is 368 Å². The number of hydrogen-bond acceptors (Lipinski definition) is 6. The van der Waals surface area contributed by atoms with E-state index in [0.717, 1.165) is 186 Å². The average Bonchev–Trinajstić information content (AvgIpc) is 0.653. The van der Waals surface area contributed by atoms with Gasteiger partial charge in [-0.05, 0) is 316 Å². The van der Waals surface area contributed by atoms with Crippen LogP contribution in [0.15, 0.2) is 406 Å². The summed E-state index contributed by atoms with van der Waals surface area (Å²) >= 11 is 0. The zero-order chi connectivity index (χ0) is 94.8. The Labute approximate surface area is 824 Å². The molecule has 26 rings (SSSR count). The molecule has 0 atom stereocenters. The van der Waals surface area contributed by atoms with E-state index in [1.165, 1.54) is 77.1 Å². The fourth-order valence-corrected chi connectivity index (χ4v) is 23.7. The number of aryl methyl sites for hydroxylation is 1. The van der Waals surface area contributed by atoms with Gasteiger partial charge in [-0.2, -0.15) is 0 Å². The minimum absolute atomic E-state index is 0.218. The largest absolute Gasteiger partial charge is 0.453 e. The summed E-state index contributed by atoms with van der Waals surface area (Å²) in [5.41, 5.74) is 51.2. The van der Waals surface area contributed by atoms with E-state index in [1.54, 1.807) is 0 Å². The number of anilines is 15. The minimum Gasteiger partial charge on any atom is -0.453 e. The van der Waals surface area contributed by atoms with Crippen molar-refractivity contribution >= 4 is 155 Å². The standard InChI is InChI=1S/C131H106B3N5O/c1-81-58-116-122-117(59-81)137(104-68-94(86-46-30-18-31-47-86)62-95(69-104)87-48-32-19-33-49-87)114-79-115-109(78-108(114)132(122)106-72-98(128(2,3)4)54-56-112(106)135(116)102-64-90(82-38-22-14-23-39-82)60-91(65-102)83-40-24-15-25-41-83)134-111-75-101(131(11,12)13)77-121-126(111)139-125-110(74-100(130(8,9)10)76-120(125)140-121)133-107-73-99(129(5,6)7)55-57-113(107)136(103-66-92(84-42-26-16-27-43-84)61-93(67-103)85-44-28-17-29-45-85)118-80-119(124(134)127(139)123(118)133)138(115)105-70-96(88-50-34-20-35-51-88)63-97(71-105)89-52-36-21-37-53-89/h14-80H,1-13H3. The lowest BCUT2D eigenvalue weighted by atomic mass is 9.27. The molecule has 7 aliphatic heterocycles. The van der Waals surface area contributed by atoms with Gasteiger partial charge in [0.25, 0.3) is 20.1 Å². The van der Waals surface area contributed by atoms with E-state index in [1.807, 2.05) is 0 Å². The SMILES string of the molecule is Cc1cc2c3c(c1)N(c1cc(-c4ccccc4)cc(-c4ccccc4)c1)c1cc4c(cc1B3c1cc(C(C)(C)C)ccc1N2c1cc(-c2ccccc2)cc(-c2ccccc2)c1)B1c2cc(C(C)(C)C)cc3c2N2c5c(cc(C(C)(C)C)cc5B5c6cc(C(C)(C)C)ccc6N(c6cc(-c7ccccc7)cc(-c7ccccc7)c6)c6cc(c1c2c65)N4c1cc(-c2ccccc2)cc(-c2ccccc2)c1)O3. The molecule has 6 nitrogen and oxygen atoms in total. The van der Waals surface area contributed by atoms with Gasteiger partial charge in [0.15, 0.2) is 11.5 Å². The molecule has 0 spiro atoms. The van der Waals surface area contributed by atoms with Gasteiger partial charge in [0.2, 0.25) is 0 Å². The van der Waals surface area contributed by atoms with Crippen molar-refractivity contribution < 1.29 is 4.74 Å². The van der Waals surface area contributed by atoms with Crippen molar-refractivity contribution in [2.75, 3.05) is 24.5 Å². The van der Waals surface area contributed by atoms with Gasteiger partial charge in [-0.15, -0.1) is 0 Å². The molecule has 0 aliphatic carbocycles. The molecule has 0 saturated carbocycles. The lowest BCUT2D eigenvalue weighted by molar-refractivity contribution is 0.470. The lowest BCUT2D eigenvalue weighted by Gasteiger charge is -2.53. The highest BCUT2D eigenvalue weighted by atomic mass is 16.5. The van der Waals surface area contributed by atoms with Crippen LogP contribution < -0.4 is 78.4 Å². The van der Waals surface area contributed by atoms with E-state index < -0.39 is 6.71 Å². The Morgan fingerprint density at radius 1 is 0.179 bits per heavy atom. The highest BCUT2D eigenvalue weighted by molar-refractivity contribution is 7.06. The highest BCUT2D eigenvalue weighted by Gasteiger charge is 2.57. The number of hydrogen-bond donors (Lipinski definition) is 0. The fourth-order valence-electron chi connectivity index (χ4n) is 23.7. The van der Waals surface area contributed by atoms with Crippen molar-refractivity contribution in [1.82, 2.24) is 0 Å². The number of ether oxygens (including phenoxy) is 1. The smallest absolute Gasteiger partial charge is 0.252 e. The normalized spacial score (nSPS) is 13.7. The summed E-state index contributed by atoms with van der Waals surface area (Å²) in [4.78, 5) is 13.6. The average molecular weight is 1800 g/mol. The van der Waals surface area contributed by atoms with Gasteiger partial charge >= 0.3 is 0 Å². The van der Waals surface area contributed by atoms with E-state index in [0.29, 0.717) is 0 Å². The van der Waals surface area contributed by atoms with Crippen LogP contribution in [0.5, 0.6) is 11.5 Å². The van der Waals surface area contributed by atoms with Crippen molar-refractivity contribution in [3.63, 3.8) is 0 Å². The van der Waals surface area contributed by atoms with Gasteiger partial charge in [0.1, 0.15) is 0 Å². The predicted octanol–water partition coefficient (Wildman–Crippen LogP) is 29.4. The zero-order valence-electron chi connectivity index (χ0n) is 81.6. The Hall–Kier alpha value is -15.8. The molecule has 9 heteroatoms. The maximum Gasteiger partial charge on any atom is 0.252 e. The van der Waals surface area contributed by atoms with E-state index in [-0.39, 0.29) is 35.1 Å². The van der Waals surface area contributed by atoms with E-state index in [4.69, 9.17) is 4.74 Å². The molecule has 0 fully saturated rings. The molecule has 0 bridgehead atoms. The summed E-state index contributed by atoms with van der Waals surface area (Å²) < 4.78 is 8.11. The topological polar surface area (TPSA) is 25.4 Å². The number of benzene rings is 19. The van der Waals surface area contributed by atoms with Gasteiger partial charge in [0.05, 0.1) is 11.4 Å². The third-order valence-electron chi connectivity index (χ3n) is 30.6. The van der Waals surface area contributed by atoms with Crippen molar-refractivity contribution in [3.05, 3.63) is 434 Å². The molecule has 0 amide bonds. The molecule has 7 heterocycles. The molecule has 0 saturated heterocycles. The maximum absolute atomic E-state index is 8.11. The second-order valence-electron chi connectivity index (χ2n) is 43.7. The molecular weight excluding hydrogens is 1690 g/mol. The van der Waals surface area contributed by atoms with E-state index in [9.17, 15) is 0 Å². The second-order valence-corrected chi connectivity index (χ2v) is 43.7. The number of nitrogens with zero attached hydrogens (tertiary/aromatic N) is 5. The Kier molecular flexibility index (Phi) is 19.1. The van der Waals surface area contributed by atoms with Crippen molar-refractivity contribution in [2.45, 2.75) is 112 Å². The molecule has 140 heavy (non-hydrogen) atoms. The summed E-state index contributed by atoms with van der Waals surface area (Å²) in [5, 5.41) is 0. The van der Waals surface area contributed by atoms with Gasteiger partial charge in [-0.3, -0.25) is 0 Å². The monoisotopic (exact) mass is 1800 g/mol. The molecule has 7 aliphatic rings. The third-order valence-corrected chi connectivity index (χ3v) is 30.6. The molecule has 0 aromatic heterocycles. The molecule has 0 N–H and O–H groups in total. The molecular formula is C131H106B3N5O. The van der Waals surface area contributed by atoms with Crippen LogP contribution in [0.3, 0.4) is 0 Å². The first-order chi connectivity index (χ1) is 67.8. The van der Waals surface area contributed by atoms with Crippen LogP contribution in [-0.4, -0.2) is 20.1 Å². The van der Waals surface area contributed by atoms with Crippen molar-refractivity contribution in [1.29, 1.82) is 0 Å². The molecule has 670 valence electrons. The number of fused-ring (bicyclic) bond motifs is 10. The van der Waals surface area contributed by atoms with Crippen LogP contribution >= 0.6 is 0 Å². The van der Waals surface area contributed by atoms with Crippen LogP contribution in [0.25, 0.3) is 89.0 Å². The molecule has 0 unspecified atom stereocenters. The van der Waals surface area contributed by atoms with E-state index >= 15 is 0 Å². The quantitative estimate of drug-likeness (QED) is 0.113. The van der Waals surface area contributed by atoms with Crippen molar-refractivity contribution in [3.8, 4) is 101 Å². The Morgan fingerprint density at radius 3 is 0.686 bits per heavy atom. The van der Waals surface area contributed by atoms with Gasteiger partial charge in [-0.25, -0.2) is 0 Å². The van der Waals surface area contributed by atoms with Gasteiger partial charge < -0.3 is 29.2 Å². The highest BCUT2D eigenvalue weighted by Crippen LogP contribution is 2.60. The maximum atomic E-state index is 8.11. The lowest BCUT2D eigenvalue weighted by Crippen LogP contribution is -2.70. The fraction of sp³-hybridized carbons (Fsp3) is 0.130. The summed E-state index contributed by atoms with van der Waals surface area (Å²) in [6.45, 7) is 29.9.